The molecule has 0 spiro atoms. The van der Waals surface area contributed by atoms with Crippen LogP contribution in [0.4, 0.5) is 0 Å². The van der Waals surface area contributed by atoms with Gasteiger partial charge in [0.15, 0.2) is 0 Å². The molecule has 0 saturated carbocycles. The minimum Gasteiger partial charge on any atom is -0.489 e. The zero-order chi connectivity index (χ0) is 30.9. The number of ether oxygens (including phenoxy) is 2. The Hall–Kier alpha value is -4.04. The molecule has 0 radical (unpaired) electrons. The minimum absolute atomic E-state index is 0.0236. The van der Waals surface area contributed by atoms with Crippen LogP contribution >= 0.6 is 0 Å². The number of hydrogen-bond donors (Lipinski definition) is 0. The van der Waals surface area contributed by atoms with Gasteiger partial charge >= 0.3 is 0 Å². The third-order valence-electron chi connectivity index (χ3n) is 9.68. The van der Waals surface area contributed by atoms with E-state index in [1.807, 2.05) is 6.07 Å². The second kappa shape index (κ2) is 14.8. The summed E-state index contributed by atoms with van der Waals surface area (Å²) in [4.78, 5) is 0. The van der Waals surface area contributed by atoms with Gasteiger partial charge in [-0.25, -0.2) is 0 Å². The van der Waals surface area contributed by atoms with Gasteiger partial charge in [0.2, 0.25) is 0 Å². The van der Waals surface area contributed by atoms with E-state index in [4.69, 9.17) is 9.47 Å². The van der Waals surface area contributed by atoms with Crippen molar-refractivity contribution in [1.29, 1.82) is 0 Å². The Morgan fingerprint density at radius 2 is 1.07 bits per heavy atom. The Morgan fingerprint density at radius 3 is 1.67 bits per heavy atom. The Bertz CT molecular complexity index is 1660. The Kier molecular flexibility index (Phi) is 10.2. The number of unbranched alkanes of at least 4 members (excludes halogenated alkanes) is 6. The molecule has 0 aliphatic heterocycles. The summed E-state index contributed by atoms with van der Waals surface area (Å²) in [6.45, 7) is 5.78. The monoisotopic (exact) mass is 596 g/mol. The molecule has 0 N–H and O–H groups in total. The molecule has 232 valence electrons. The van der Waals surface area contributed by atoms with Gasteiger partial charge in [0.05, 0.1) is 0 Å². The first-order chi connectivity index (χ1) is 22.2. The third-order valence-corrected chi connectivity index (χ3v) is 9.68. The normalized spacial score (nSPS) is 13.0. The van der Waals surface area contributed by atoms with Crippen molar-refractivity contribution in [2.75, 3.05) is 0 Å². The number of fused-ring (bicyclic) bond motifs is 5. The van der Waals surface area contributed by atoms with Crippen molar-refractivity contribution in [3.05, 3.63) is 131 Å². The standard InChI is InChI=1S/C43H48O2/c1-3-5-7-15-27-43(28-16-8-6-4-2)41-30-37(45-32-34-19-13-10-14-20-34)23-26-39(41)40-24-21-35-29-36(22-25-38(35)42(40)43)44-31-33-17-11-9-12-18-33/h9-14,17-26,29-30H,3-8,15-16,27-28,31-32H2,1-2H3. The third kappa shape index (κ3) is 6.96. The fourth-order valence-electron chi connectivity index (χ4n) is 7.35. The highest BCUT2D eigenvalue weighted by Crippen LogP contribution is 2.57. The van der Waals surface area contributed by atoms with Crippen molar-refractivity contribution in [2.24, 2.45) is 0 Å². The van der Waals surface area contributed by atoms with Gasteiger partial charge in [0, 0.05) is 5.41 Å². The SMILES string of the molecule is CCCCCCC1(CCCCCC)c2cc(OCc3ccccc3)ccc2-c2ccc3cc(OCc4ccccc4)ccc3c21. The van der Waals surface area contributed by atoms with Crippen molar-refractivity contribution in [3.8, 4) is 22.6 Å². The molecule has 2 heteroatoms. The summed E-state index contributed by atoms with van der Waals surface area (Å²) in [6.07, 6.45) is 12.5. The quantitative estimate of drug-likeness (QED) is 0.105. The number of rotatable bonds is 16. The van der Waals surface area contributed by atoms with Crippen molar-refractivity contribution >= 4 is 10.8 Å². The fourth-order valence-corrected chi connectivity index (χ4v) is 7.35. The van der Waals surface area contributed by atoms with Crippen LogP contribution in [0.2, 0.25) is 0 Å². The highest BCUT2D eigenvalue weighted by atomic mass is 16.5. The number of benzene rings is 5. The zero-order valence-electron chi connectivity index (χ0n) is 27.2. The molecule has 0 amide bonds. The average molecular weight is 597 g/mol. The van der Waals surface area contributed by atoms with Crippen LogP contribution in [0.5, 0.6) is 11.5 Å². The zero-order valence-corrected chi connectivity index (χ0v) is 27.2. The lowest BCUT2D eigenvalue weighted by Crippen LogP contribution is -2.26. The largest absolute Gasteiger partial charge is 0.489 e. The Morgan fingerprint density at radius 1 is 0.511 bits per heavy atom. The fraction of sp³-hybridized carbons (Fsp3) is 0.349. The molecule has 1 aliphatic rings. The summed E-state index contributed by atoms with van der Waals surface area (Å²) >= 11 is 0. The van der Waals surface area contributed by atoms with Crippen LogP contribution < -0.4 is 9.47 Å². The topological polar surface area (TPSA) is 18.5 Å². The second-order valence-electron chi connectivity index (χ2n) is 12.8. The smallest absolute Gasteiger partial charge is 0.120 e. The molecule has 45 heavy (non-hydrogen) atoms. The summed E-state index contributed by atoms with van der Waals surface area (Å²) in [5.74, 6) is 1.90. The lowest BCUT2D eigenvalue weighted by Gasteiger charge is -2.34. The minimum atomic E-state index is -0.0236. The molecule has 6 rings (SSSR count). The molecule has 0 heterocycles. The molecule has 5 aromatic rings. The van der Waals surface area contributed by atoms with Crippen LogP contribution in [0.25, 0.3) is 21.9 Å². The molecular formula is C43H48O2. The van der Waals surface area contributed by atoms with Gasteiger partial charge < -0.3 is 9.47 Å². The van der Waals surface area contributed by atoms with E-state index in [0.29, 0.717) is 13.2 Å². The summed E-state index contributed by atoms with van der Waals surface area (Å²) < 4.78 is 12.7. The summed E-state index contributed by atoms with van der Waals surface area (Å²) in [6, 6.07) is 39.3. The van der Waals surface area contributed by atoms with Gasteiger partial charge in [-0.3, -0.25) is 0 Å². The van der Waals surface area contributed by atoms with Gasteiger partial charge in [-0.1, -0.05) is 150 Å². The molecule has 2 nitrogen and oxygen atoms in total. The van der Waals surface area contributed by atoms with Crippen LogP contribution in [0.15, 0.2) is 109 Å². The van der Waals surface area contributed by atoms with Crippen LogP contribution in [0.1, 0.15) is 100 Å². The van der Waals surface area contributed by atoms with Crippen molar-refractivity contribution in [1.82, 2.24) is 0 Å². The van der Waals surface area contributed by atoms with Crippen LogP contribution in [0, 0.1) is 0 Å². The first-order valence-electron chi connectivity index (χ1n) is 17.3. The molecule has 0 saturated heterocycles. The van der Waals surface area contributed by atoms with Crippen molar-refractivity contribution < 1.29 is 9.47 Å². The Balaban J connectivity index is 1.40. The first kappa shape index (κ1) is 31.0. The molecule has 1 aliphatic carbocycles. The van der Waals surface area contributed by atoms with Crippen LogP contribution in [-0.2, 0) is 18.6 Å². The summed E-state index contributed by atoms with van der Waals surface area (Å²) in [5, 5.41) is 2.63. The van der Waals surface area contributed by atoms with Crippen LogP contribution in [0.3, 0.4) is 0 Å². The van der Waals surface area contributed by atoms with E-state index in [0.717, 1.165) is 11.5 Å². The highest BCUT2D eigenvalue weighted by molar-refractivity contribution is 5.98. The maximum atomic E-state index is 6.45. The van der Waals surface area contributed by atoms with E-state index in [9.17, 15) is 0 Å². The maximum absolute atomic E-state index is 6.45. The highest BCUT2D eigenvalue weighted by Gasteiger charge is 2.43. The van der Waals surface area contributed by atoms with E-state index in [1.54, 1.807) is 0 Å². The lowest BCUT2D eigenvalue weighted by molar-refractivity contribution is 0.304. The lowest BCUT2D eigenvalue weighted by atomic mass is 9.69. The van der Waals surface area contributed by atoms with Crippen molar-refractivity contribution in [2.45, 2.75) is 96.7 Å². The summed E-state index contributed by atoms with van der Waals surface area (Å²) in [7, 11) is 0. The molecule has 0 aromatic heterocycles. The molecule has 0 atom stereocenters. The van der Waals surface area contributed by atoms with Gasteiger partial charge in [-0.2, -0.15) is 0 Å². The van der Waals surface area contributed by atoms with Crippen LogP contribution in [-0.4, -0.2) is 0 Å². The maximum Gasteiger partial charge on any atom is 0.120 e. The van der Waals surface area contributed by atoms with Crippen molar-refractivity contribution in [3.63, 3.8) is 0 Å². The molecule has 5 aromatic carbocycles. The van der Waals surface area contributed by atoms with Gasteiger partial charge in [0.25, 0.3) is 0 Å². The molecular weight excluding hydrogens is 548 g/mol. The van der Waals surface area contributed by atoms with E-state index in [-0.39, 0.29) is 5.41 Å². The van der Waals surface area contributed by atoms with Gasteiger partial charge in [-0.15, -0.1) is 0 Å². The first-order valence-corrected chi connectivity index (χ1v) is 17.3. The van der Waals surface area contributed by atoms with E-state index >= 15 is 0 Å². The second-order valence-corrected chi connectivity index (χ2v) is 12.8. The van der Waals surface area contributed by atoms with E-state index in [1.165, 1.54) is 108 Å². The molecule has 0 fully saturated rings. The average Bonchev–Trinajstić information content (AvgIpc) is 3.36. The predicted octanol–water partition coefficient (Wildman–Crippen LogP) is 12.2. The van der Waals surface area contributed by atoms with Gasteiger partial charge in [0.1, 0.15) is 24.7 Å². The predicted molar refractivity (Wildman–Crippen MR) is 189 cm³/mol. The summed E-state index contributed by atoms with van der Waals surface area (Å²) in [5.41, 5.74) is 8.13. The Labute approximate surface area is 270 Å². The molecule has 0 unspecified atom stereocenters. The molecule has 0 bridgehead atoms. The number of hydrogen-bond acceptors (Lipinski definition) is 2. The van der Waals surface area contributed by atoms with E-state index in [2.05, 4.69) is 117 Å². The van der Waals surface area contributed by atoms with E-state index < -0.39 is 0 Å². The van der Waals surface area contributed by atoms with Gasteiger partial charge in [-0.05, 0) is 81.3 Å².